The van der Waals surface area contributed by atoms with Gasteiger partial charge in [-0.25, -0.2) is 0 Å². The first-order chi connectivity index (χ1) is 29.0. The zero-order valence-electron chi connectivity index (χ0n) is 40.7. The highest BCUT2D eigenvalue weighted by Gasteiger charge is 2.24. The molecule has 0 heterocycles. The molecule has 2 N–H and O–H groups in total. The van der Waals surface area contributed by atoms with Crippen LogP contribution in [-0.2, 0) is 18.4 Å². The molecule has 0 spiro atoms. The van der Waals surface area contributed by atoms with Gasteiger partial charge in [0.25, 0.3) is 7.82 Å². The lowest BCUT2D eigenvalue weighted by Gasteiger charge is -2.30. The Morgan fingerprint density at radius 3 is 1.30 bits per heavy atom. The summed E-state index contributed by atoms with van der Waals surface area (Å²) in [5.74, 6) is -0.166. The standard InChI is InChI=1S/C51H103N2O6P/c1-6-8-10-12-14-16-18-20-22-24-25-26-27-29-30-32-34-36-38-40-42-44-50(54)49(48-59-60(56,57)58-47-46-53(3,4)5)52-51(55)45-43-41-39-37-35-33-31-28-23-21-19-17-15-13-11-9-7-2/h21,23,49-50,54H,6-20,22,24-48H2,1-5H3,(H-,52,55,56,57)/b23-21-. The van der Waals surface area contributed by atoms with Crippen molar-refractivity contribution in [1.82, 2.24) is 5.32 Å². The molecule has 0 aliphatic carbocycles. The highest BCUT2D eigenvalue weighted by molar-refractivity contribution is 7.45. The van der Waals surface area contributed by atoms with E-state index in [4.69, 9.17) is 9.05 Å². The van der Waals surface area contributed by atoms with Gasteiger partial charge in [-0.3, -0.25) is 9.36 Å². The van der Waals surface area contributed by atoms with Crippen LogP contribution < -0.4 is 10.2 Å². The van der Waals surface area contributed by atoms with E-state index in [2.05, 4.69) is 31.3 Å². The van der Waals surface area contributed by atoms with Gasteiger partial charge in [0.05, 0.1) is 39.9 Å². The van der Waals surface area contributed by atoms with Crippen LogP contribution in [-0.4, -0.2) is 68.5 Å². The number of hydrogen-bond donors (Lipinski definition) is 2. The number of quaternary nitrogens is 1. The van der Waals surface area contributed by atoms with Gasteiger partial charge in [-0.05, 0) is 38.5 Å². The van der Waals surface area contributed by atoms with Crippen LogP contribution in [0.5, 0.6) is 0 Å². The molecular weight excluding hydrogens is 768 g/mol. The molecule has 0 bridgehead atoms. The second kappa shape index (κ2) is 43.5. The van der Waals surface area contributed by atoms with Crippen molar-refractivity contribution >= 4 is 13.7 Å². The van der Waals surface area contributed by atoms with Gasteiger partial charge < -0.3 is 28.8 Å². The first kappa shape index (κ1) is 59.2. The average molecular weight is 871 g/mol. The van der Waals surface area contributed by atoms with Crippen molar-refractivity contribution in [3.8, 4) is 0 Å². The van der Waals surface area contributed by atoms with E-state index in [-0.39, 0.29) is 19.1 Å². The molecular formula is C51H103N2O6P. The smallest absolute Gasteiger partial charge is 0.268 e. The predicted octanol–water partition coefficient (Wildman–Crippen LogP) is 14.5. The molecule has 0 saturated heterocycles. The number of hydrogen-bond acceptors (Lipinski definition) is 6. The van der Waals surface area contributed by atoms with E-state index in [1.807, 2.05) is 21.1 Å². The van der Waals surface area contributed by atoms with Crippen LogP contribution in [0.3, 0.4) is 0 Å². The Morgan fingerprint density at radius 2 is 0.917 bits per heavy atom. The van der Waals surface area contributed by atoms with Crippen molar-refractivity contribution in [2.45, 2.75) is 270 Å². The Balaban J connectivity index is 4.23. The molecule has 8 nitrogen and oxygen atoms in total. The van der Waals surface area contributed by atoms with Crippen LogP contribution in [0, 0.1) is 0 Å². The van der Waals surface area contributed by atoms with Gasteiger partial charge in [-0.2, -0.15) is 0 Å². The quantitative estimate of drug-likeness (QED) is 0.0273. The van der Waals surface area contributed by atoms with Crippen LogP contribution in [0.2, 0.25) is 0 Å². The number of carbonyl (C=O) groups is 1. The molecule has 1 amide bonds. The largest absolute Gasteiger partial charge is 0.756 e. The number of amides is 1. The molecule has 0 aliphatic heterocycles. The van der Waals surface area contributed by atoms with E-state index in [1.54, 1.807) is 0 Å². The van der Waals surface area contributed by atoms with Crippen LogP contribution in [0.15, 0.2) is 12.2 Å². The fraction of sp³-hybridized carbons (Fsp3) is 0.941. The van der Waals surface area contributed by atoms with E-state index in [9.17, 15) is 19.4 Å². The first-order valence-electron chi connectivity index (χ1n) is 26.0. The van der Waals surface area contributed by atoms with E-state index >= 15 is 0 Å². The third-order valence-corrected chi connectivity index (χ3v) is 13.0. The molecule has 0 fully saturated rings. The number of unbranched alkanes of at least 4 members (excludes halogenated alkanes) is 33. The Hall–Kier alpha value is -0.760. The monoisotopic (exact) mass is 871 g/mol. The maximum atomic E-state index is 12.9. The van der Waals surface area contributed by atoms with E-state index in [1.165, 1.54) is 193 Å². The Labute approximate surface area is 373 Å². The number of phosphoric acid groups is 1. The zero-order valence-corrected chi connectivity index (χ0v) is 41.6. The topological polar surface area (TPSA) is 108 Å². The molecule has 0 aromatic rings. The summed E-state index contributed by atoms with van der Waals surface area (Å²) >= 11 is 0. The summed E-state index contributed by atoms with van der Waals surface area (Å²) in [6, 6.07) is -0.799. The number of carbonyl (C=O) groups excluding carboxylic acids is 1. The lowest BCUT2D eigenvalue weighted by atomic mass is 10.0. The van der Waals surface area contributed by atoms with Gasteiger partial charge in [0.2, 0.25) is 5.91 Å². The van der Waals surface area contributed by atoms with Gasteiger partial charge in [-0.1, -0.05) is 225 Å². The number of aliphatic hydroxyl groups is 1. The predicted molar refractivity (Wildman–Crippen MR) is 256 cm³/mol. The summed E-state index contributed by atoms with van der Waals surface area (Å²) < 4.78 is 23.4. The summed E-state index contributed by atoms with van der Waals surface area (Å²) in [7, 11) is 1.31. The lowest BCUT2D eigenvalue weighted by Crippen LogP contribution is -2.46. The number of nitrogens with zero attached hydrogens (tertiary/aromatic N) is 1. The number of likely N-dealkylation sites (N-methyl/N-ethyl adjacent to an activating group) is 1. The van der Waals surface area contributed by atoms with Crippen LogP contribution in [0.4, 0.5) is 0 Å². The van der Waals surface area contributed by atoms with Crippen molar-refractivity contribution in [3.05, 3.63) is 12.2 Å². The number of aliphatic hydroxyl groups excluding tert-OH is 1. The number of allylic oxidation sites excluding steroid dienone is 2. The molecule has 0 aromatic heterocycles. The Morgan fingerprint density at radius 1 is 0.567 bits per heavy atom. The molecule has 0 aliphatic rings. The average Bonchev–Trinajstić information content (AvgIpc) is 3.20. The summed E-state index contributed by atoms with van der Waals surface area (Å²) in [4.78, 5) is 25.4. The summed E-state index contributed by atoms with van der Waals surface area (Å²) in [6.07, 6.45) is 50.8. The molecule has 358 valence electrons. The van der Waals surface area contributed by atoms with Crippen molar-refractivity contribution in [2.24, 2.45) is 0 Å². The van der Waals surface area contributed by atoms with Crippen molar-refractivity contribution < 1.29 is 32.9 Å². The minimum atomic E-state index is -4.57. The fourth-order valence-electron chi connectivity index (χ4n) is 7.86. The van der Waals surface area contributed by atoms with E-state index < -0.39 is 20.0 Å². The maximum absolute atomic E-state index is 12.9. The first-order valence-corrected chi connectivity index (χ1v) is 27.5. The number of rotatable bonds is 48. The molecule has 0 aromatic carbocycles. The zero-order chi connectivity index (χ0) is 44.3. The molecule has 0 rings (SSSR count). The summed E-state index contributed by atoms with van der Waals surface area (Å²) in [6.45, 7) is 4.74. The van der Waals surface area contributed by atoms with Crippen molar-refractivity contribution in [2.75, 3.05) is 40.9 Å². The van der Waals surface area contributed by atoms with Crippen LogP contribution in [0.1, 0.15) is 258 Å². The van der Waals surface area contributed by atoms with Gasteiger partial charge >= 0.3 is 0 Å². The third-order valence-electron chi connectivity index (χ3n) is 12.0. The summed E-state index contributed by atoms with van der Waals surface area (Å²) in [5.41, 5.74) is 0. The third kappa shape index (κ3) is 45.3. The highest BCUT2D eigenvalue weighted by Crippen LogP contribution is 2.38. The normalized spacial score (nSPS) is 14.2. The van der Waals surface area contributed by atoms with Crippen molar-refractivity contribution in [1.29, 1.82) is 0 Å². The Kier molecular flexibility index (Phi) is 42.9. The molecule has 0 saturated carbocycles. The van der Waals surface area contributed by atoms with Crippen LogP contribution >= 0.6 is 7.82 Å². The minimum absolute atomic E-state index is 0.0135. The van der Waals surface area contributed by atoms with Gasteiger partial charge in [0.15, 0.2) is 0 Å². The number of phosphoric ester groups is 1. The van der Waals surface area contributed by atoms with Crippen molar-refractivity contribution in [3.63, 3.8) is 0 Å². The van der Waals surface area contributed by atoms with Gasteiger partial charge in [-0.15, -0.1) is 0 Å². The second-order valence-corrected chi connectivity index (χ2v) is 20.6. The van der Waals surface area contributed by atoms with Gasteiger partial charge in [0.1, 0.15) is 13.2 Å². The second-order valence-electron chi connectivity index (χ2n) is 19.2. The maximum Gasteiger partial charge on any atom is 0.268 e. The highest BCUT2D eigenvalue weighted by atomic mass is 31.2. The Bertz CT molecular complexity index is 989. The SMILES string of the molecule is CCCCCCCC/C=C\CCCCCCCCCC(=O)NC(COP(=O)([O-])OCC[N+](C)(C)C)C(O)CCCCCCCCCCCCCCCCCCCCCCC. The molecule has 0 radical (unpaired) electrons. The van der Waals surface area contributed by atoms with E-state index in [0.717, 1.165) is 38.5 Å². The molecule has 3 unspecified atom stereocenters. The molecule has 3 atom stereocenters. The van der Waals surface area contributed by atoms with Gasteiger partial charge in [0, 0.05) is 6.42 Å². The lowest BCUT2D eigenvalue weighted by molar-refractivity contribution is -0.870. The molecule has 9 heteroatoms. The number of nitrogens with one attached hydrogen (secondary N) is 1. The van der Waals surface area contributed by atoms with Crippen LogP contribution in [0.25, 0.3) is 0 Å². The minimum Gasteiger partial charge on any atom is -0.756 e. The fourth-order valence-corrected chi connectivity index (χ4v) is 8.58. The van der Waals surface area contributed by atoms with E-state index in [0.29, 0.717) is 23.9 Å². The summed E-state index contributed by atoms with van der Waals surface area (Å²) in [5, 5.41) is 14.0. The molecule has 60 heavy (non-hydrogen) atoms.